The number of ether oxygens (including phenoxy) is 1. The molecule has 0 fully saturated rings. The van der Waals surface area contributed by atoms with Crippen LogP contribution in [0.25, 0.3) is 0 Å². The van der Waals surface area contributed by atoms with Crippen molar-refractivity contribution in [1.29, 1.82) is 0 Å². The van der Waals surface area contributed by atoms with Gasteiger partial charge in [-0.1, -0.05) is 29.3 Å². The van der Waals surface area contributed by atoms with Gasteiger partial charge in [-0.3, -0.25) is 13.9 Å². The van der Waals surface area contributed by atoms with Gasteiger partial charge in [-0.15, -0.1) is 0 Å². The number of hydrogen-bond acceptors (Lipinski definition) is 5. The molecule has 8 nitrogen and oxygen atoms in total. The van der Waals surface area contributed by atoms with Crippen LogP contribution in [0.15, 0.2) is 42.5 Å². The number of carbonyl (C=O) groups is 2. The van der Waals surface area contributed by atoms with Crippen LogP contribution in [0.5, 0.6) is 5.75 Å². The van der Waals surface area contributed by atoms with Gasteiger partial charge in [0.05, 0.1) is 28.6 Å². The molecule has 2 amide bonds. The second-order valence-electron chi connectivity index (χ2n) is 7.93. The molecule has 0 saturated carbocycles. The van der Waals surface area contributed by atoms with Gasteiger partial charge in [-0.25, -0.2) is 8.42 Å². The molecule has 1 atom stereocenters. The average molecular weight is 545 g/mol. The number of nitrogens with zero attached hydrogens (tertiary/aromatic N) is 2. The first-order chi connectivity index (χ1) is 16.5. The lowest BCUT2D eigenvalue weighted by Crippen LogP contribution is -2.46. The summed E-state index contributed by atoms with van der Waals surface area (Å²) in [5, 5.41) is 3.30. The first-order valence-corrected chi connectivity index (χ1v) is 13.7. The fourth-order valence-corrected chi connectivity index (χ4v) is 4.79. The Kier molecular flexibility index (Phi) is 10.7. The molecular formula is C24H31Cl2N3O5S. The molecule has 35 heavy (non-hydrogen) atoms. The molecule has 0 aromatic heterocycles. The summed E-state index contributed by atoms with van der Waals surface area (Å²) in [5.41, 5.74) is 1.20. The Morgan fingerprint density at radius 2 is 1.74 bits per heavy atom. The van der Waals surface area contributed by atoms with Crippen LogP contribution >= 0.6 is 23.2 Å². The topological polar surface area (TPSA) is 96.0 Å². The third-order valence-electron chi connectivity index (χ3n) is 5.34. The zero-order valence-corrected chi connectivity index (χ0v) is 22.6. The molecule has 0 aliphatic rings. The fraction of sp³-hybridized carbons (Fsp3) is 0.417. The van der Waals surface area contributed by atoms with Crippen molar-refractivity contribution >= 4 is 50.7 Å². The van der Waals surface area contributed by atoms with E-state index in [1.165, 1.54) is 16.3 Å². The molecule has 192 valence electrons. The molecule has 0 unspecified atom stereocenters. The first-order valence-electron chi connectivity index (χ1n) is 11.1. The van der Waals surface area contributed by atoms with Gasteiger partial charge < -0.3 is 15.0 Å². The number of sulfonamides is 1. The molecule has 0 spiro atoms. The summed E-state index contributed by atoms with van der Waals surface area (Å²) in [6, 6.07) is 11.0. The van der Waals surface area contributed by atoms with Crippen molar-refractivity contribution in [2.24, 2.45) is 0 Å². The maximum atomic E-state index is 13.1. The van der Waals surface area contributed by atoms with Gasteiger partial charge in [0, 0.05) is 26.6 Å². The second-order valence-corrected chi connectivity index (χ2v) is 10.6. The van der Waals surface area contributed by atoms with Crippen molar-refractivity contribution in [2.45, 2.75) is 39.3 Å². The Labute approximate surface area is 217 Å². The number of hydrogen-bond donors (Lipinski definition) is 1. The van der Waals surface area contributed by atoms with E-state index < -0.39 is 16.1 Å². The molecule has 0 bridgehead atoms. The van der Waals surface area contributed by atoms with Crippen molar-refractivity contribution in [3.63, 3.8) is 0 Å². The van der Waals surface area contributed by atoms with Crippen LogP contribution in [0.4, 0.5) is 5.69 Å². The summed E-state index contributed by atoms with van der Waals surface area (Å²) >= 11 is 12.1. The van der Waals surface area contributed by atoms with Gasteiger partial charge in [-0.05, 0) is 62.2 Å². The van der Waals surface area contributed by atoms with Gasteiger partial charge in [-0.2, -0.15) is 0 Å². The van der Waals surface area contributed by atoms with Crippen LogP contribution in [0, 0.1) is 0 Å². The quantitative estimate of drug-likeness (QED) is 0.434. The van der Waals surface area contributed by atoms with Crippen LogP contribution in [-0.2, 0) is 26.2 Å². The lowest BCUT2D eigenvalue weighted by atomic mass is 10.1. The van der Waals surface area contributed by atoms with Gasteiger partial charge in [0.2, 0.25) is 21.8 Å². The SMILES string of the molecule is CCOc1ccc(N(CCCC(=O)N(Cc2ccc(Cl)c(Cl)c2)[C@@H](C)C(=O)NC)S(C)(=O)=O)cc1. The summed E-state index contributed by atoms with van der Waals surface area (Å²) in [4.78, 5) is 26.9. The minimum absolute atomic E-state index is 0.0473. The monoisotopic (exact) mass is 543 g/mol. The highest BCUT2D eigenvalue weighted by Crippen LogP contribution is 2.25. The molecule has 2 aromatic carbocycles. The predicted octanol–water partition coefficient (Wildman–Crippen LogP) is 4.10. The minimum Gasteiger partial charge on any atom is -0.494 e. The Bertz CT molecular complexity index is 1130. The number of benzene rings is 2. The standard InChI is InChI=1S/C24H31Cl2N3O5S/c1-5-34-20-11-9-19(10-12-20)29(35(4,32)33)14-6-7-23(30)28(17(2)24(31)27-3)16-18-8-13-21(25)22(26)15-18/h8-13,15,17H,5-7,14,16H2,1-4H3,(H,27,31)/t17-/m0/s1. The molecule has 1 N–H and O–H groups in total. The maximum absolute atomic E-state index is 13.1. The van der Waals surface area contributed by atoms with E-state index in [4.69, 9.17) is 27.9 Å². The minimum atomic E-state index is -3.58. The summed E-state index contributed by atoms with van der Waals surface area (Å²) in [5.74, 6) is 0.0406. The van der Waals surface area contributed by atoms with E-state index in [1.54, 1.807) is 49.4 Å². The first kappa shape index (κ1) is 28.7. The number of nitrogens with one attached hydrogen (secondary N) is 1. The van der Waals surface area contributed by atoms with Crippen molar-refractivity contribution < 1.29 is 22.7 Å². The number of rotatable bonds is 12. The Morgan fingerprint density at radius 1 is 1.09 bits per heavy atom. The van der Waals surface area contributed by atoms with Crippen LogP contribution in [-0.4, -0.2) is 57.6 Å². The molecule has 2 rings (SSSR count). The van der Waals surface area contributed by atoms with Crippen molar-refractivity contribution in [3.05, 3.63) is 58.1 Å². The highest BCUT2D eigenvalue weighted by atomic mass is 35.5. The summed E-state index contributed by atoms with van der Waals surface area (Å²) in [6.45, 7) is 4.26. The van der Waals surface area contributed by atoms with Crippen LogP contribution in [0.2, 0.25) is 10.0 Å². The van der Waals surface area contributed by atoms with E-state index in [2.05, 4.69) is 5.32 Å². The van der Waals surface area contributed by atoms with Gasteiger partial charge in [0.15, 0.2) is 0 Å². The van der Waals surface area contributed by atoms with E-state index in [9.17, 15) is 18.0 Å². The number of halogens is 2. The number of anilines is 1. The van der Waals surface area contributed by atoms with Crippen LogP contribution < -0.4 is 14.4 Å². The van der Waals surface area contributed by atoms with Crippen LogP contribution in [0.3, 0.4) is 0 Å². The summed E-state index contributed by atoms with van der Waals surface area (Å²) in [7, 11) is -2.07. The number of likely N-dealkylation sites (N-methyl/N-ethyl adjacent to an activating group) is 1. The number of carbonyl (C=O) groups excluding carboxylic acids is 2. The third-order valence-corrected chi connectivity index (χ3v) is 7.27. The van der Waals surface area contributed by atoms with E-state index >= 15 is 0 Å². The predicted molar refractivity (Wildman–Crippen MR) is 140 cm³/mol. The van der Waals surface area contributed by atoms with E-state index in [0.29, 0.717) is 28.1 Å². The molecule has 2 aromatic rings. The summed E-state index contributed by atoms with van der Waals surface area (Å²) < 4.78 is 31.5. The van der Waals surface area contributed by atoms with Gasteiger partial charge in [0.1, 0.15) is 11.8 Å². The maximum Gasteiger partial charge on any atom is 0.242 e. The third kappa shape index (κ3) is 8.30. The van der Waals surface area contributed by atoms with E-state index in [1.807, 2.05) is 6.92 Å². The van der Waals surface area contributed by atoms with Crippen molar-refractivity contribution in [1.82, 2.24) is 10.2 Å². The fourth-order valence-electron chi connectivity index (χ4n) is 3.51. The molecule has 0 heterocycles. The molecule has 11 heteroatoms. The highest BCUT2D eigenvalue weighted by molar-refractivity contribution is 7.92. The summed E-state index contributed by atoms with van der Waals surface area (Å²) in [6.07, 6.45) is 1.43. The second kappa shape index (κ2) is 13.0. The van der Waals surface area contributed by atoms with E-state index in [-0.39, 0.29) is 37.7 Å². The van der Waals surface area contributed by atoms with E-state index in [0.717, 1.165) is 11.8 Å². The number of amides is 2. The van der Waals surface area contributed by atoms with Gasteiger partial charge >= 0.3 is 0 Å². The smallest absolute Gasteiger partial charge is 0.242 e. The molecule has 0 aliphatic heterocycles. The van der Waals surface area contributed by atoms with Crippen molar-refractivity contribution in [3.8, 4) is 5.75 Å². The Morgan fingerprint density at radius 3 is 2.29 bits per heavy atom. The average Bonchev–Trinajstić information content (AvgIpc) is 2.81. The zero-order chi connectivity index (χ0) is 26.2. The zero-order valence-electron chi connectivity index (χ0n) is 20.3. The van der Waals surface area contributed by atoms with Crippen LogP contribution in [0.1, 0.15) is 32.3 Å². The largest absolute Gasteiger partial charge is 0.494 e. The highest BCUT2D eigenvalue weighted by Gasteiger charge is 2.26. The lowest BCUT2D eigenvalue weighted by Gasteiger charge is -2.29. The molecule has 0 aliphatic carbocycles. The Hall–Kier alpha value is -2.49. The molecule has 0 radical (unpaired) electrons. The molecular weight excluding hydrogens is 513 g/mol. The normalized spacial score (nSPS) is 12.1. The lowest BCUT2D eigenvalue weighted by molar-refractivity contribution is -0.140. The Balaban J connectivity index is 2.15. The van der Waals surface area contributed by atoms with Gasteiger partial charge in [0.25, 0.3) is 0 Å². The van der Waals surface area contributed by atoms with Crippen molar-refractivity contribution in [2.75, 3.05) is 30.8 Å². The molecule has 0 saturated heterocycles.